The third-order valence-electron chi connectivity index (χ3n) is 20.0. The molecule has 15 aromatic carbocycles. The molecule has 98 heavy (non-hydrogen) atoms. The van der Waals surface area contributed by atoms with Gasteiger partial charge in [0.2, 0.25) is 0 Å². The first-order chi connectivity index (χ1) is 48.7. The van der Waals surface area contributed by atoms with Crippen LogP contribution < -0.4 is 62.0 Å². The minimum atomic E-state index is -0.224. The van der Waals surface area contributed by atoms with Crippen molar-refractivity contribution in [3.05, 3.63) is 370 Å². The average Bonchev–Trinajstić information content (AvgIpc) is 0.686. The molecule has 15 aromatic rings. The van der Waals surface area contributed by atoms with E-state index >= 15 is 0 Å². The van der Waals surface area contributed by atoms with Crippen LogP contribution in [0.1, 0.15) is 0 Å². The largest absolute Gasteiger partial charge is 0.458 e. The van der Waals surface area contributed by atoms with Gasteiger partial charge in [0.25, 0.3) is 13.4 Å². The topological polar surface area (TPSA) is 25.4 Å². The van der Waals surface area contributed by atoms with Crippen LogP contribution in [-0.2, 0) is 0 Å². The minimum Gasteiger partial charge on any atom is -0.458 e. The van der Waals surface area contributed by atoms with E-state index in [4.69, 9.17) is 4.74 Å². The highest BCUT2D eigenvalue weighted by molar-refractivity contribution is 7.02. The molecule has 6 nitrogen and oxygen atoms in total. The van der Waals surface area contributed by atoms with Crippen LogP contribution in [0.5, 0.6) is 11.5 Å². The fourth-order valence-corrected chi connectivity index (χ4v) is 15.9. The summed E-state index contributed by atoms with van der Waals surface area (Å²) in [6, 6.07) is 135. The molecule has 4 heterocycles. The van der Waals surface area contributed by atoms with Gasteiger partial charge in [0, 0.05) is 79.6 Å². The van der Waals surface area contributed by atoms with E-state index in [-0.39, 0.29) is 13.4 Å². The second-order valence-corrected chi connectivity index (χ2v) is 25.5. The summed E-state index contributed by atoms with van der Waals surface area (Å²) >= 11 is 0. The highest BCUT2D eigenvalue weighted by atomic mass is 16.5. The molecule has 0 unspecified atom stereocenters. The average molecular weight is 1250 g/mol. The molecule has 4 aliphatic rings. The third kappa shape index (κ3) is 9.28. The molecule has 0 aliphatic carbocycles. The predicted molar refractivity (Wildman–Crippen MR) is 412 cm³/mol. The molecule has 0 saturated heterocycles. The molecule has 19 rings (SSSR count). The van der Waals surface area contributed by atoms with Gasteiger partial charge in [-0.3, -0.25) is 0 Å². The van der Waals surface area contributed by atoms with E-state index < -0.39 is 0 Å². The minimum absolute atomic E-state index is 0.222. The normalized spacial score (nSPS) is 12.7. The predicted octanol–water partition coefficient (Wildman–Crippen LogP) is 20.1. The van der Waals surface area contributed by atoms with Gasteiger partial charge in [-0.05, 0) is 153 Å². The van der Waals surface area contributed by atoms with Gasteiger partial charge in [0.15, 0.2) is 0 Å². The first-order valence-electron chi connectivity index (χ1n) is 33.7. The Bertz CT molecular complexity index is 5530. The number of fused-ring (bicyclic) bond motifs is 8. The Morgan fingerprint density at radius 2 is 0.602 bits per heavy atom. The molecule has 0 aromatic heterocycles. The molecule has 0 saturated carbocycles. The molecule has 0 spiro atoms. The van der Waals surface area contributed by atoms with Gasteiger partial charge in [-0.2, -0.15) is 0 Å². The SMILES string of the molecule is c1ccc(-c2ccccc2N(c2ccccc2)c2cc3c4c(c2)N(c2ccccc2)c2cc5c(cc2B4c2ccccc2O3)B2c3ccccc3N(c3ccccc3)c3cc(N(c4ccccc4)c4ccccc4-c4ccccc4)cc(c32)N5c2ccccc2-c2ccccc2)cc1. The van der Waals surface area contributed by atoms with Gasteiger partial charge < -0.3 is 29.2 Å². The second-order valence-electron chi connectivity index (χ2n) is 25.5. The van der Waals surface area contributed by atoms with Gasteiger partial charge >= 0.3 is 0 Å². The number of ether oxygens (including phenoxy) is 1. The smallest absolute Gasteiger partial charge is 0.256 e. The number of rotatable bonds is 12. The molecule has 0 amide bonds. The number of nitrogens with zero attached hydrogens (tertiary/aromatic N) is 5. The van der Waals surface area contributed by atoms with Crippen LogP contribution in [-0.4, -0.2) is 13.4 Å². The molecular weight excluding hydrogens is 1190 g/mol. The number of benzene rings is 15. The molecule has 4 aliphatic heterocycles. The first-order valence-corrected chi connectivity index (χ1v) is 33.7. The summed E-state index contributed by atoms with van der Waals surface area (Å²) in [7, 11) is 0. The van der Waals surface area contributed by atoms with Crippen LogP contribution in [0.4, 0.5) is 85.3 Å². The zero-order valence-corrected chi connectivity index (χ0v) is 53.5. The van der Waals surface area contributed by atoms with Crippen LogP contribution >= 0.6 is 0 Å². The molecule has 0 fully saturated rings. The number of hydrogen-bond donors (Lipinski definition) is 0. The summed E-state index contributed by atoms with van der Waals surface area (Å²) in [6.45, 7) is -0.446. The Balaban J connectivity index is 0.931. The third-order valence-corrected chi connectivity index (χ3v) is 20.0. The monoisotopic (exact) mass is 1250 g/mol. The van der Waals surface area contributed by atoms with Crippen molar-refractivity contribution in [2.75, 3.05) is 24.5 Å². The molecule has 0 N–H and O–H groups in total. The maximum Gasteiger partial charge on any atom is 0.256 e. The number of anilines is 15. The zero-order valence-electron chi connectivity index (χ0n) is 53.5. The van der Waals surface area contributed by atoms with Crippen molar-refractivity contribution in [1.82, 2.24) is 0 Å². The fourth-order valence-electron chi connectivity index (χ4n) is 15.9. The van der Waals surface area contributed by atoms with Crippen molar-refractivity contribution >= 4 is 132 Å². The van der Waals surface area contributed by atoms with Crippen molar-refractivity contribution in [3.63, 3.8) is 0 Å². The first kappa shape index (κ1) is 56.7. The van der Waals surface area contributed by atoms with E-state index in [0.717, 1.165) is 141 Å². The van der Waals surface area contributed by atoms with Gasteiger partial charge in [-0.15, -0.1) is 0 Å². The van der Waals surface area contributed by atoms with Crippen molar-refractivity contribution < 1.29 is 4.74 Å². The van der Waals surface area contributed by atoms with Crippen molar-refractivity contribution in [3.8, 4) is 44.9 Å². The van der Waals surface area contributed by atoms with E-state index in [2.05, 4.69) is 395 Å². The van der Waals surface area contributed by atoms with Crippen LogP contribution in [0.3, 0.4) is 0 Å². The van der Waals surface area contributed by atoms with Crippen molar-refractivity contribution in [1.29, 1.82) is 0 Å². The molecule has 0 bridgehead atoms. The van der Waals surface area contributed by atoms with Gasteiger partial charge in [0.1, 0.15) is 11.5 Å². The maximum atomic E-state index is 7.41. The molecular formula is C90H61B2N5O. The highest BCUT2D eigenvalue weighted by Gasteiger charge is 2.49. The Hall–Kier alpha value is -12.8. The highest BCUT2D eigenvalue weighted by Crippen LogP contribution is 2.54. The molecule has 0 radical (unpaired) electrons. The lowest BCUT2D eigenvalue weighted by Crippen LogP contribution is -2.64. The van der Waals surface area contributed by atoms with E-state index in [0.29, 0.717) is 0 Å². The zero-order chi connectivity index (χ0) is 64.6. The Labute approximate surface area is 572 Å². The summed E-state index contributed by atoms with van der Waals surface area (Å²) in [5.41, 5.74) is 29.8. The lowest BCUT2D eigenvalue weighted by molar-refractivity contribution is 0.487. The summed E-state index contributed by atoms with van der Waals surface area (Å²) < 4.78 is 7.41. The van der Waals surface area contributed by atoms with E-state index in [1.165, 1.54) is 21.9 Å². The fraction of sp³-hybridized carbons (Fsp3) is 0. The van der Waals surface area contributed by atoms with Crippen LogP contribution in [0.25, 0.3) is 33.4 Å². The number of hydrogen-bond acceptors (Lipinski definition) is 6. The van der Waals surface area contributed by atoms with Gasteiger partial charge in [-0.1, -0.05) is 261 Å². The van der Waals surface area contributed by atoms with Crippen LogP contribution in [0, 0.1) is 0 Å². The summed E-state index contributed by atoms with van der Waals surface area (Å²) in [6.07, 6.45) is 0. The molecule has 8 heteroatoms. The summed E-state index contributed by atoms with van der Waals surface area (Å²) in [4.78, 5) is 12.6. The Morgan fingerprint density at radius 1 is 0.224 bits per heavy atom. The molecule has 0 atom stereocenters. The lowest BCUT2D eigenvalue weighted by Gasteiger charge is -2.47. The van der Waals surface area contributed by atoms with E-state index in [1.807, 2.05) is 0 Å². The maximum absolute atomic E-state index is 7.41. The quantitative estimate of drug-likeness (QED) is 0.113. The Kier molecular flexibility index (Phi) is 13.7. The summed E-state index contributed by atoms with van der Waals surface area (Å²) in [5, 5.41) is 0. The van der Waals surface area contributed by atoms with Crippen molar-refractivity contribution in [2.24, 2.45) is 0 Å². The van der Waals surface area contributed by atoms with E-state index in [1.54, 1.807) is 0 Å². The summed E-state index contributed by atoms with van der Waals surface area (Å²) in [5.74, 6) is 1.67. The van der Waals surface area contributed by atoms with Crippen molar-refractivity contribution in [2.45, 2.75) is 0 Å². The standard InChI is InChI=1S/C90H61B2N5O/c1-8-32-62(33-9-1)71-46-22-27-51-78(71)93(65-38-14-4-15-39-65)69-56-84-89-85(57-69)97(80-53-29-24-48-73(80)64-36-12-3-13-37-64)83-61-82-76(60-77(83)91(89)74-49-25-30-54-81(74)95(84)67-42-18-6-19-43-67)92-75-50-26-31-55-87(75)98-88-59-70(58-86(90(88)92)96(82)68-44-20-7-21-45-68)94(66-40-16-5-17-41-66)79-52-28-23-47-72(79)63-34-10-2-11-35-63/h1-61H. The Morgan fingerprint density at radius 3 is 1.15 bits per heavy atom. The van der Waals surface area contributed by atoms with Gasteiger partial charge in [0.05, 0.1) is 28.4 Å². The lowest BCUT2D eigenvalue weighted by atomic mass is 9.30. The number of para-hydroxylation sites is 9. The van der Waals surface area contributed by atoms with E-state index in [9.17, 15) is 0 Å². The second kappa shape index (κ2) is 23.6. The van der Waals surface area contributed by atoms with Crippen LogP contribution in [0.15, 0.2) is 370 Å². The van der Waals surface area contributed by atoms with Crippen LogP contribution in [0.2, 0.25) is 0 Å². The van der Waals surface area contributed by atoms with Gasteiger partial charge in [-0.25, -0.2) is 0 Å². The molecule has 458 valence electrons.